The van der Waals surface area contributed by atoms with Crippen LogP contribution in [-0.2, 0) is 19.1 Å². The molecule has 0 radical (unpaired) electrons. The van der Waals surface area contributed by atoms with E-state index in [0.717, 1.165) is 6.08 Å². The van der Waals surface area contributed by atoms with Gasteiger partial charge in [-0.25, -0.2) is 14.6 Å². The fourth-order valence-electron chi connectivity index (χ4n) is 2.34. The first kappa shape index (κ1) is 28.2. The number of rotatable bonds is 7. The van der Waals surface area contributed by atoms with Crippen molar-refractivity contribution in [2.45, 2.75) is 43.4 Å². The molecular weight excluding hydrogens is 451 g/mol. The number of nitrogens with zero attached hydrogens (tertiary/aromatic N) is 4. The van der Waals surface area contributed by atoms with Gasteiger partial charge in [-0.2, -0.15) is 13.2 Å². The van der Waals surface area contributed by atoms with E-state index in [-0.39, 0.29) is 5.96 Å². The van der Waals surface area contributed by atoms with Crippen molar-refractivity contribution in [2.24, 2.45) is 21.6 Å². The molecule has 1 unspecified atom stereocenters. The lowest BCUT2D eigenvalue weighted by atomic mass is 9.91. The second-order valence-corrected chi connectivity index (χ2v) is 5.94. The van der Waals surface area contributed by atoms with Gasteiger partial charge < -0.3 is 41.9 Å². The Morgan fingerprint density at radius 3 is 2.22 bits per heavy atom. The lowest BCUT2D eigenvalue weighted by Crippen LogP contribution is -2.59. The van der Waals surface area contributed by atoms with Gasteiger partial charge in [0.15, 0.2) is 5.96 Å². The van der Waals surface area contributed by atoms with Crippen LogP contribution in [0, 0.1) is 0 Å². The molecule has 5 atom stereocenters. The van der Waals surface area contributed by atoms with Crippen LogP contribution < -0.4 is 16.8 Å². The standard InChI is InChI=1S/C12H19N7O6.C2HF3O2/c1-4(21)16-8-5(17-12(13)14)2-7(11(23)24)25-10(8)9(18-19-15)6(22)3-20;3-2(4,5)1(6)7/h2,5-6,8-10,20,22H,3H2,1H3,(H,16,21)(H,23,24)(H4,13,14,17);(H,6,7)/t5-,6+,8+,9?,10+;/m0./s1. The third-order valence-electron chi connectivity index (χ3n) is 3.53. The molecule has 0 saturated carbocycles. The summed E-state index contributed by atoms with van der Waals surface area (Å²) in [6.45, 7) is 0.389. The van der Waals surface area contributed by atoms with Gasteiger partial charge in [0.25, 0.3) is 0 Å². The molecule has 18 heteroatoms. The number of hydrogen-bond acceptors (Lipinski definition) is 8. The van der Waals surface area contributed by atoms with Gasteiger partial charge in [0, 0.05) is 11.8 Å². The highest BCUT2D eigenvalue weighted by Crippen LogP contribution is 2.26. The normalized spacial score (nSPS) is 21.7. The molecule has 1 aliphatic rings. The van der Waals surface area contributed by atoms with E-state index in [9.17, 15) is 33.0 Å². The number of carbonyl (C=O) groups is 3. The summed E-state index contributed by atoms with van der Waals surface area (Å²) in [5.41, 5.74) is 19.4. The van der Waals surface area contributed by atoms with Crippen LogP contribution in [0.25, 0.3) is 10.4 Å². The number of guanidine groups is 1. The van der Waals surface area contributed by atoms with Crippen molar-refractivity contribution in [2.75, 3.05) is 6.61 Å². The smallest absolute Gasteiger partial charge is 0.481 e. The van der Waals surface area contributed by atoms with Crippen LogP contribution in [0.5, 0.6) is 0 Å². The van der Waals surface area contributed by atoms with Gasteiger partial charge in [-0.05, 0) is 11.6 Å². The molecule has 0 aliphatic carbocycles. The second-order valence-electron chi connectivity index (χ2n) is 5.94. The summed E-state index contributed by atoms with van der Waals surface area (Å²) < 4.78 is 37.0. The first-order valence-electron chi connectivity index (χ1n) is 8.26. The maximum Gasteiger partial charge on any atom is 0.490 e. The van der Waals surface area contributed by atoms with E-state index in [1.165, 1.54) is 6.92 Å². The van der Waals surface area contributed by atoms with E-state index in [2.05, 4.69) is 20.3 Å². The maximum atomic E-state index is 11.5. The number of alkyl halides is 3. The zero-order valence-corrected chi connectivity index (χ0v) is 16.2. The molecule has 1 heterocycles. The van der Waals surface area contributed by atoms with Crippen LogP contribution in [0.4, 0.5) is 13.2 Å². The van der Waals surface area contributed by atoms with Gasteiger partial charge in [0.05, 0.1) is 24.8 Å². The van der Waals surface area contributed by atoms with Crippen molar-refractivity contribution in [1.82, 2.24) is 5.32 Å². The van der Waals surface area contributed by atoms with Crippen molar-refractivity contribution in [1.29, 1.82) is 0 Å². The number of halogens is 3. The highest BCUT2D eigenvalue weighted by Gasteiger charge is 2.44. The molecule has 1 aliphatic heterocycles. The number of amides is 1. The molecule has 0 fully saturated rings. The third kappa shape index (κ3) is 8.94. The Morgan fingerprint density at radius 2 is 1.88 bits per heavy atom. The minimum atomic E-state index is -5.08. The first-order valence-corrected chi connectivity index (χ1v) is 8.26. The van der Waals surface area contributed by atoms with Gasteiger partial charge in [0.2, 0.25) is 11.7 Å². The van der Waals surface area contributed by atoms with E-state index in [4.69, 9.17) is 36.7 Å². The van der Waals surface area contributed by atoms with E-state index >= 15 is 0 Å². The van der Waals surface area contributed by atoms with E-state index in [0.29, 0.717) is 0 Å². The fraction of sp³-hybridized carbons (Fsp3) is 0.571. The lowest BCUT2D eigenvalue weighted by molar-refractivity contribution is -0.192. The summed E-state index contributed by atoms with van der Waals surface area (Å²) in [7, 11) is 0. The number of aliphatic hydroxyl groups is 2. The number of aliphatic hydroxyl groups excluding tert-OH is 2. The number of carboxylic acids is 2. The largest absolute Gasteiger partial charge is 0.490 e. The van der Waals surface area contributed by atoms with Gasteiger partial charge >= 0.3 is 18.1 Å². The number of carboxylic acid groups (broad SMARTS) is 2. The molecule has 0 aromatic heterocycles. The number of nitrogens with one attached hydrogen (secondary N) is 1. The average molecular weight is 471 g/mol. The summed E-state index contributed by atoms with van der Waals surface area (Å²) in [6, 6.07) is -3.56. The highest BCUT2D eigenvalue weighted by molar-refractivity contribution is 5.85. The van der Waals surface area contributed by atoms with Gasteiger partial charge in [0.1, 0.15) is 12.1 Å². The zero-order chi connectivity index (χ0) is 25.2. The molecule has 0 aromatic rings. The highest BCUT2D eigenvalue weighted by atomic mass is 19.4. The molecule has 180 valence electrons. The van der Waals surface area contributed by atoms with E-state index in [1.54, 1.807) is 0 Å². The molecule has 0 bridgehead atoms. The number of aliphatic imine (C=N–C) groups is 1. The summed E-state index contributed by atoms with van der Waals surface area (Å²) in [5, 5.41) is 41.1. The number of hydrogen-bond donors (Lipinski definition) is 7. The SMILES string of the molecule is CC(=O)N[C@@H]1[C@@H](N=C(N)N)C=C(C(=O)O)O[C@H]1C(N=[N+]=[N-])[C@H](O)CO.O=C(O)C(F)(F)F. The molecular formula is C14H20F3N7O8. The Hall–Kier alpha value is -3.76. The summed E-state index contributed by atoms with van der Waals surface area (Å²) >= 11 is 0. The van der Waals surface area contributed by atoms with Crippen LogP contribution in [0.1, 0.15) is 6.92 Å². The number of ether oxygens (including phenoxy) is 1. The summed E-state index contributed by atoms with van der Waals surface area (Å²) in [4.78, 5) is 38.1. The summed E-state index contributed by atoms with van der Waals surface area (Å²) in [6.07, 6.45) is -6.95. The summed E-state index contributed by atoms with van der Waals surface area (Å²) in [5.74, 6) is -5.69. The molecule has 0 spiro atoms. The number of azide groups is 1. The van der Waals surface area contributed by atoms with Gasteiger partial charge in [-0.3, -0.25) is 4.79 Å². The quantitative estimate of drug-likeness (QED) is 0.0717. The maximum absolute atomic E-state index is 11.5. The number of aliphatic carboxylic acids is 2. The van der Waals surface area contributed by atoms with E-state index < -0.39 is 66.7 Å². The predicted molar refractivity (Wildman–Crippen MR) is 97.5 cm³/mol. The Kier molecular flexibility index (Phi) is 10.7. The molecule has 1 amide bonds. The molecule has 0 saturated heterocycles. The molecule has 0 aromatic carbocycles. The number of carbonyl (C=O) groups excluding carboxylic acids is 1. The lowest BCUT2D eigenvalue weighted by Gasteiger charge is -2.38. The molecule has 1 rings (SSSR count). The minimum absolute atomic E-state index is 0.384. The van der Waals surface area contributed by atoms with E-state index in [1.807, 2.05) is 0 Å². The van der Waals surface area contributed by atoms with Crippen molar-refractivity contribution in [3.8, 4) is 0 Å². The van der Waals surface area contributed by atoms with Crippen LogP contribution >= 0.6 is 0 Å². The van der Waals surface area contributed by atoms with Crippen molar-refractivity contribution < 1.29 is 52.7 Å². The Morgan fingerprint density at radius 1 is 1.34 bits per heavy atom. The first-order chi connectivity index (χ1) is 14.6. The second kappa shape index (κ2) is 12.2. The number of nitrogens with two attached hydrogens (primary N) is 2. The Balaban J connectivity index is 0.00000118. The topological polar surface area (TPSA) is 267 Å². The van der Waals surface area contributed by atoms with Crippen LogP contribution in [0.3, 0.4) is 0 Å². The molecule has 9 N–H and O–H groups in total. The van der Waals surface area contributed by atoms with Gasteiger partial charge in [-0.15, -0.1) is 0 Å². The molecule has 15 nitrogen and oxygen atoms in total. The van der Waals surface area contributed by atoms with Crippen LogP contribution in [0.2, 0.25) is 0 Å². The van der Waals surface area contributed by atoms with Crippen molar-refractivity contribution in [3.63, 3.8) is 0 Å². The molecule has 32 heavy (non-hydrogen) atoms. The zero-order valence-electron chi connectivity index (χ0n) is 16.2. The van der Waals surface area contributed by atoms with Crippen molar-refractivity contribution in [3.05, 3.63) is 22.3 Å². The monoisotopic (exact) mass is 471 g/mol. The average Bonchev–Trinajstić information content (AvgIpc) is 2.65. The van der Waals surface area contributed by atoms with Gasteiger partial charge in [-0.1, -0.05) is 5.11 Å². The third-order valence-corrected chi connectivity index (χ3v) is 3.53. The minimum Gasteiger partial charge on any atom is -0.481 e. The fourth-order valence-corrected chi connectivity index (χ4v) is 2.34. The predicted octanol–water partition coefficient (Wildman–Crippen LogP) is -1.83. The Bertz CT molecular complexity index is 809. The van der Waals surface area contributed by atoms with Crippen LogP contribution in [-0.4, -0.2) is 87.3 Å². The van der Waals surface area contributed by atoms with Crippen molar-refractivity contribution >= 4 is 23.8 Å². The Labute approximate surface area is 176 Å². The van der Waals surface area contributed by atoms with Crippen LogP contribution in [0.15, 0.2) is 21.9 Å².